The van der Waals surface area contributed by atoms with E-state index in [-0.39, 0.29) is 18.6 Å². The lowest BCUT2D eigenvalue weighted by atomic mass is 10.1. The molecule has 1 aliphatic heterocycles. The van der Waals surface area contributed by atoms with Crippen molar-refractivity contribution >= 4 is 0 Å². The van der Waals surface area contributed by atoms with Crippen molar-refractivity contribution in [2.45, 2.75) is 24.8 Å². The predicted molar refractivity (Wildman–Crippen MR) is 69.8 cm³/mol. The summed E-state index contributed by atoms with van der Waals surface area (Å²) in [7, 11) is 0. The fourth-order valence-corrected chi connectivity index (χ4v) is 2.41. The largest absolute Gasteiger partial charge is 0.416 e. The van der Waals surface area contributed by atoms with Gasteiger partial charge in [-0.15, -0.1) is 10.2 Å². The van der Waals surface area contributed by atoms with Gasteiger partial charge in [-0.1, -0.05) is 17.3 Å². The highest BCUT2D eigenvalue weighted by atomic mass is 19.4. The van der Waals surface area contributed by atoms with Gasteiger partial charge in [0.25, 0.3) is 0 Å². The summed E-state index contributed by atoms with van der Waals surface area (Å²) in [5.41, 5.74) is 0.0234. The van der Waals surface area contributed by atoms with Crippen molar-refractivity contribution in [2.24, 2.45) is 0 Å². The summed E-state index contributed by atoms with van der Waals surface area (Å²) >= 11 is 0. The lowest BCUT2D eigenvalue weighted by molar-refractivity contribution is -0.137. The number of ether oxygens (including phenoxy) is 1. The van der Waals surface area contributed by atoms with E-state index < -0.39 is 11.7 Å². The van der Waals surface area contributed by atoms with Gasteiger partial charge in [0.2, 0.25) is 0 Å². The third kappa shape index (κ3) is 3.25. The molecule has 9 heteroatoms. The average Bonchev–Trinajstić information content (AvgIpc) is 3.15. The number of nitrogens with one attached hydrogen (secondary N) is 2. The smallest absolute Gasteiger partial charge is 0.371 e. The lowest BCUT2D eigenvalue weighted by Gasteiger charge is -2.16. The topological polar surface area (TPSA) is 75.7 Å². The minimum absolute atomic E-state index is 0.0202. The van der Waals surface area contributed by atoms with E-state index in [1.807, 2.05) is 0 Å². The van der Waals surface area contributed by atoms with Crippen LogP contribution in [0.5, 0.6) is 0 Å². The maximum Gasteiger partial charge on any atom is 0.416 e. The van der Waals surface area contributed by atoms with Crippen molar-refractivity contribution in [1.29, 1.82) is 0 Å². The summed E-state index contributed by atoms with van der Waals surface area (Å²) in [6.07, 6.45) is -4.46. The SMILES string of the molecule is FC(F)(F)c1ccc(COC2CNC[C@H]2c2nn[nH]n2)cc1. The van der Waals surface area contributed by atoms with Crippen LogP contribution in [0.2, 0.25) is 0 Å². The van der Waals surface area contributed by atoms with Crippen molar-refractivity contribution in [3.05, 3.63) is 41.2 Å². The molecule has 0 radical (unpaired) electrons. The van der Waals surface area contributed by atoms with Gasteiger partial charge in [-0.3, -0.25) is 0 Å². The van der Waals surface area contributed by atoms with Crippen LogP contribution in [0.15, 0.2) is 24.3 Å². The van der Waals surface area contributed by atoms with Gasteiger partial charge in [-0.25, -0.2) is 0 Å². The highest BCUT2D eigenvalue weighted by Crippen LogP contribution is 2.29. The number of hydrogen-bond acceptors (Lipinski definition) is 5. The Labute approximate surface area is 124 Å². The van der Waals surface area contributed by atoms with Crippen LogP contribution in [-0.4, -0.2) is 39.8 Å². The summed E-state index contributed by atoms with van der Waals surface area (Å²) in [4.78, 5) is 0. The van der Waals surface area contributed by atoms with E-state index >= 15 is 0 Å². The molecule has 1 aromatic carbocycles. The lowest BCUT2D eigenvalue weighted by Crippen LogP contribution is -2.22. The van der Waals surface area contributed by atoms with Crippen LogP contribution in [0.4, 0.5) is 13.2 Å². The standard InChI is InChI=1S/C13H14F3N5O/c14-13(15,16)9-3-1-8(2-4-9)7-22-11-6-17-5-10(11)12-18-20-21-19-12/h1-4,10-11,17H,5-7H2,(H,18,19,20,21)/t10-,11?/m1/s1. The fourth-order valence-electron chi connectivity index (χ4n) is 2.41. The van der Waals surface area contributed by atoms with Crippen LogP contribution < -0.4 is 5.32 Å². The number of aromatic nitrogens is 4. The number of aromatic amines is 1. The molecule has 0 saturated carbocycles. The third-order valence-electron chi connectivity index (χ3n) is 3.60. The number of benzene rings is 1. The second-order valence-electron chi connectivity index (χ2n) is 5.08. The van der Waals surface area contributed by atoms with Crippen LogP contribution >= 0.6 is 0 Å². The first-order valence-electron chi connectivity index (χ1n) is 6.76. The molecule has 3 rings (SSSR count). The summed E-state index contributed by atoms with van der Waals surface area (Å²) in [5, 5.41) is 17.0. The van der Waals surface area contributed by atoms with Gasteiger partial charge < -0.3 is 10.1 Å². The van der Waals surface area contributed by atoms with E-state index in [4.69, 9.17) is 4.74 Å². The Morgan fingerprint density at radius 2 is 1.95 bits per heavy atom. The number of H-pyrrole nitrogens is 1. The maximum absolute atomic E-state index is 12.5. The van der Waals surface area contributed by atoms with E-state index in [1.54, 1.807) is 0 Å². The molecule has 0 amide bonds. The minimum Gasteiger partial charge on any atom is -0.371 e. The maximum atomic E-state index is 12.5. The Kier molecular flexibility index (Phi) is 4.08. The summed E-state index contributed by atoms with van der Waals surface area (Å²) < 4.78 is 43.3. The zero-order chi connectivity index (χ0) is 15.6. The molecule has 6 nitrogen and oxygen atoms in total. The van der Waals surface area contributed by atoms with Crippen LogP contribution in [0.1, 0.15) is 22.9 Å². The highest BCUT2D eigenvalue weighted by Gasteiger charge is 2.32. The van der Waals surface area contributed by atoms with E-state index in [2.05, 4.69) is 25.9 Å². The molecule has 1 aliphatic rings. The first kappa shape index (κ1) is 14.9. The number of hydrogen-bond donors (Lipinski definition) is 2. The zero-order valence-corrected chi connectivity index (χ0v) is 11.5. The Balaban J connectivity index is 1.60. The molecule has 2 atom stereocenters. The molecule has 2 heterocycles. The molecular formula is C13H14F3N5O. The first-order valence-corrected chi connectivity index (χ1v) is 6.76. The second kappa shape index (κ2) is 6.01. The third-order valence-corrected chi connectivity index (χ3v) is 3.60. The molecule has 2 aromatic rings. The highest BCUT2D eigenvalue weighted by molar-refractivity contribution is 5.24. The normalized spacial score (nSPS) is 22.1. The van der Waals surface area contributed by atoms with Gasteiger partial charge in [-0.05, 0) is 17.7 Å². The first-order chi connectivity index (χ1) is 10.5. The second-order valence-corrected chi connectivity index (χ2v) is 5.08. The van der Waals surface area contributed by atoms with Crippen LogP contribution in [0.25, 0.3) is 0 Å². The molecular weight excluding hydrogens is 299 g/mol. The molecule has 2 N–H and O–H groups in total. The minimum atomic E-state index is -4.32. The van der Waals surface area contributed by atoms with Crippen molar-refractivity contribution in [3.8, 4) is 0 Å². The van der Waals surface area contributed by atoms with Crippen molar-refractivity contribution in [1.82, 2.24) is 25.9 Å². The molecule has 0 bridgehead atoms. The molecule has 0 aliphatic carbocycles. The van der Waals surface area contributed by atoms with Gasteiger partial charge in [0, 0.05) is 13.1 Å². The monoisotopic (exact) mass is 313 g/mol. The van der Waals surface area contributed by atoms with E-state index in [0.29, 0.717) is 24.5 Å². The Morgan fingerprint density at radius 1 is 1.18 bits per heavy atom. The predicted octanol–water partition coefficient (Wildman–Crippen LogP) is 1.49. The van der Waals surface area contributed by atoms with E-state index in [1.165, 1.54) is 12.1 Å². The van der Waals surface area contributed by atoms with E-state index in [9.17, 15) is 13.2 Å². The Bertz CT molecular complexity index is 599. The molecule has 1 unspecified atom stereocenters. The number of tetrazole rings is 1. The van der Waals surface area contributed by atoms with Gasteiger partial charge in [-0.2, -0.15) is 18.4 Å². The molecule has 1 aromatic heterocycles. The summed E-state index contributed by atoms with van der Waals surface area (Å²) in [6.45, 7) is 1.55. The average molecular weight is 313 g/mol. The summed E-state index contributed by atoms with van der Waals surface area (Å²) in [5.74, 6) is 0.551. The fraction of sp³-hybridized carbons (Fsp3) is 0.462. The molecule has 118 valence electrons. The van der Waals surface area contributed by atoms with Crippen LogP contribution in [0.3, 0.4) is 0 Å². The van der Waals surface area contributed by atoms with E-state index in [0.717, 1.165) is 12.1 Å². The Morgan fingerprint density at radius 3 is 2.59 bits per heavy atom. The molecule has 1 fully saturated rings. The van der Waals surface area contributed by atoms with Crippen LogP contribution in [0, 0.1) is 0 Å². The number of alkyl halides is 3. The van der Waals surface area contributed by atoms with Gasteiger partial charge in [0.15, 0.2) is 5.82 Å². The van der Waals surface area contributed by atoms with Gasteiger partial charge in [0.1, 0.15) is 0 Å². The molecule has 0 spiro atoms. The number of nitrogens with zero attached hydrogens (tertiary/aromatic N) is 3. The quantitative estimate of drug-likeness (QED) is 0.894. The molecule has 1 saturated heterocycles. The zero-order valence-electron chi connectivity index (χ0n) is 11.5. The van der Waals surface area contributed by atoms with Gasteiger partial charge in [0.05, 0.1) is 24.2 Å². The van der Waals surface area contributed by atoms with Crippen molar-refractivity contribution in [3.63, 3.8) is 0 Å². The van der Waals surface area contributed by atoms with Gasteiger partial charge >= 0.3 is 6.18 Å². The van der Waals surface area contributed by atoms with Crippen molar-refractivity contribution < 1.29 is 17.9 Å². The van der Waals surface area contributed by atoms with Crippen LogP contribution in [-0.2, 0) is 17.5 Å². The number of rotatable bonds is 4. The Hall–Kier alpha value is -2.00. The summed E-state index contributed by atoms with van der Waals surface area (Å²) in [6, 6.07) is 4.97. The number of halogens is 3. The van der Waals surface area contributed by atoms with Crippen molar-refractivity contribution in [2.75, 3.05) is 13.1 Å². The molecule has 22 heavy (non-hydrogen) atoms.